The lowest BCUT2D eigenvalue weighted by Crippen LogP contribution is -2.20. The van der Waals surface area contributed by atoms with E-state index in [2.05, 4.69) is 18.9 Å². The highest BCUT2D eigenvalue weighted by atomic mass is 16.4. The van der Waals surface area contributed by atoms with Gasteiger partial charge in [-0.2, -0.15) is 0 Å². The lowest BCUT2D eigenvalue weighted by molar-refractivity contribution is 0.0696. The first-order chi connectivity index (χ1) is 7.99. The molecule has 0 amide bonds. The van der Waals surface area contributed by atoms with Gasteiger partial charge in [0.2, 0.25) is 0 Å². The molecule has 2 unspecified atom stereocenters. The average Bonchev–Trinajstić information content (AvgIpc) is 2.93. The minimum atomic E-state index is -0.854. The second-order valence-electron chi connectivity index (χ2n) is 5.16. The van der Waals surface area contributed by atoms with Gasteiger partial charge < -0.3 is 10.0 Å². The highest BCUT2D eigenvalue weighted by Gasteiger charge is 2.33. The number of hydrogen-bond donors (Lipinski definition) is 1. The molecule has 2 atom stereocenters. The Morgan fingerprint density at radius 2 is 2.18 bits per heavy atom. The Hall–Kier alpha value is -1.51. The van der Waals surface area contributed by atoms with E-state index in [-0.39, 0.29) is 0 Å². The third-order valence-corrected chi connectivity index (χ3v) is 3.67. The fourth-order valence-electron chi connectivity index (χ4n) is 2.24. The van der Waals surface area contributed by atoms with Gasteiger partial charge in [0.15, 0.2) is 0 Å². The van der Waals surface area contributed by atoms with Crippen LogP contribution in [0.1, 0.15) is 29.3 Å². The van der Waals surface area contributed by atoms with Crippen molar-refractivity contribution in [1.29, 1.82) is 0 Å². The van der Waals surface area contributed by atoms with Crippen molar-refractivity contribution in [3.8, 4) is 0 Å². The van der Waals surface area contributed by atoms with Gasteiger partial charge in [-0.25, -0.2) is 4.79 Å². The van der Waals surface area contributed by atoms with E-state index < -0.39 is 5.97 Å². The quantitative estimate of drug-likeness (QED) is 0.869. The van der Waals surface area contributed by atoms with Crippen LogP contribution in [0.3, 0.4) is 0 Å². The number of hydrogen-bond acceptors (Lipinski definition) is 2. The molecule has 0 saturated heterocycles. The lowest BCUT2D eigenvalue weighted by atomic mass is 10.1. The van der Waals surface area contributed by atoms with Gasteiger partial charge in [0, 0.05) is 19.3 Å². The Bertz CT molecular complexity index is 442. The molecular weight excluding hydrogens is 214 g/mol. The predicted molar refractivity (Wildman–Crippen MR) is 68.7 cm³/mol. The summed E-state index contributed by atoms with van der Waals surface area (Å²) in [5.74, 6) is 0.795. The topological polar surface area (TPSA) is 40.5 Å². The molecule has 1 saturated carbocycles. The molecule has 1 aliphatic carbocycles. The second-order valence-corrected chi connectivity index (χ2v) is 5.16. The van der Waals surface area contributed by atoms with E-state index in [1.165, 1.54) is 6.42 Å². The standard InChI is InChI=1S/C14H19NO2/c1-9-6-11(9)8-15(3)12-4-5-13(14(16)17)10(2)7-12/h4-5,7,9,11H,6,8H2,1-3H3,(H,16,17). The molecule has 3 heteroatoms. The van der Waals surface area contributed by atoms with Crippen molar-refractivity contribution < 1.29 is 9.90 Å². The Kier molecular flexibility index (Phi) is 3.09. The van der Waals surface area contributed by atoms with E-state index in [9.17, 15) is 4.79 Å². The van der Waals surface area contributed by atoms with E-state index in [0.717, 1.165) is 29.6 Å². The van der Waals surface area contributed by atoms with Crippen molar-refractivity contribution in [1.82, 2.24) is 0 Å². The number of nitrogens with zero attached hydrogens (tertiary/aromatic N) is 1. The minimum Gasteiger partial charge on any atom is -0.478 e. The molecule has 17 heavy (non-hydrogen) atoms. The first-order valence-corrected chi connectivity index (χ1v) is 6.04. The molecule has 2 rings (SSSR count). The van der Waals surface area contributed by atoms with E-state index in [1.54, 1.807) is 6.07 Å². The maximum absolute atomic E-state index is 10.9. The van der Waals surface area contributed by atoms with Crippen LogP contribution >= 0.6 is 0 Å². The van der Waals surface area contributed by atoms with Crippen LogP contribution in [0, 0.1) is 18.8 Å². The molecule has 0 radical (unpaired) electrons. The lowest BCUT2D eigenvalue weighted by Gasteiger charge is -2.20. The number of carboxylic acid groups (broad SMARTS) is 1. The van der Waals surface area contributed by atoms with E-state index in [0.29, 0.717) is 5.56 Å². The average molecular weight is 233 g/mol. The van der Waals surface area contributed by atoms with Gasteiger partial charge in [-0.1, -0.05) is 6.92 Å². The monoisotopic (exact) mass is 233 g/mol. The molecule has 1 aliphatic rings. The van der Waals surface area contributed by atoms with Crippen LogP contribution in [0.25, 0.3) is 0 Å². The van der Waals surface area contributed by atoms with E-state index >= 15 is 0 Å². The Labute approximate surface area is 102 Å². The van der Waals surface area contributed by atoms with Crippen LogP contribution in [0.15, 0.2) is 18.2 Å². The number of anilines is 1. The van der Waals surface area contributed by atoms with Crippen molar-refractivity contribution in [3.63, 3.8) is 0 Å². The highest BCUT2D eigenvalue weighted by molar-refractivity contribution is 5.89. The molecule has 92 valence electrons. The number of benzene rings is 1. The molecule has 1 fully saturated rings. The summed E-state index contributed by atoms with van der Waals surface area (Å²) in [5, 5.41) is 8.97. The summed E-state index contributed by atoms with van der Waals surface area (Å²) in [6.45, 7) is 5.19. The number of aryl methyl sites for hydroxylation is 1. The Balaban J connectivity index is 2.10. The summed E-state index contributed by atoms with van der Waals surface area (Å²) in [7, 11) is 2.07. The molecule has 3 nitrogen and oxygen atoms in total. The fraction of sp³-hybridized carbons (Fsp3) is 0.500. The first kappa shape index (κ1) is 12.0. The normalized spacial score (nSPS) is 22.3. The number of carboxylic acids is 1. The maximum Gasteiger partial charge on any atom is 0.335 e. The highest BCUT2D eigenvalue weighted by Crippen LogP contribution is 2.38. The molecule has 1 aromatic rings. The van der Waals surface area contributed by atoms with Crippen molar-refractivity contribution in [2.45, 2.75) is 20.3 Å². The zero-order valence-electron chi connectivity index (χ0n) is 10.6. The molecule has 0 aliphatic heterocycles. The van der Waals surface area contributed by atoms with Gasteiger partial charge in [0.25, 0.3) is 0 Å². The summed E-state index contributed by atoms with van der Waals surface area (Å²) in [6, 6.07) is 5.54. The zero-order chi connectivity index (χ0) is 12.6. The van der Waals surface area contributed by atoms with Gasteiger partial charge in [-0.15, -0.1) is 0 Å². The van der Waals surface area contributed by atoms with Crippen LogP contribution in [-0.4, -0.2) is 24.7 Å². The smallest absolute Gasteiger partial charge is 0.335 e. The van der Waals surface area contributed by atoms with Crippen molar-refractivity contribution in [2.24, 2.45) is 11.8 Å². The van der Waals surface area contributed by atoms with Gasteiger partial charge in [0.05, 0.1) is 5.56 Å². The van der Waals surface area contributed by atoms with E-state index in [4.69, 9.17) is 5.11 Å². The summed E-state index contributed by atoms with van der Waals surface area (Å²) in [5.41, 5.74) is 2.32. The fourth-order valence-corrected chi connectivity index (χ4v) is 2.24. The number of carbonyl (C=O) groups is 1. The SMILES string of the molecule is Cc1cc(N(C)CC2CC2C)ccc1C(=O)O. The third-order valence-electron chi connectivity index (χ3n) is 3.67. The summed E-state index contributed by atoms with van der Waals surface area (Å²) in [6.07, 6.45) is 1.32. The first-order valence-electron chi connectivity index (χ1n) is 6.04. The second kappa shape index (κ2) is 4.40. The molecule has 0 spiro atoms. The molecule has 1 N–H and O–H groups in total. The number of aromatic carboxylic acids is 1. The Morgan fingerprint density at radius 1 is 1.53 bits per heavy atom. The van der Waals surface area contributed by atoms with E-state index in [1.807, 2.05) is 19.1 Å². The summed E-state index contributed by atoms with van der Waals surface area (Å²) >= 11 is 0. The van der Waals surface area contributed by atoms with Crippen LogP contribution in [0.2, 0.25) is 0 Å². The van der Waals surface area contributed by atoms with Crippen molar-refractivity contribution >= 4 is 11.7 Å². The van der Waals surface area contributed by atoms with Gasteiger partial charge >= 0.3 is 5.97 Å². The van der Waals surface area contributed by atoms with Gasteiger partial charge in [-0.05, 0) is 48.9 Å². The zero-order valence-corrected chi connectivity index (χ0v) is 10.6. The molecule has 0 heterocycles. The largest absolute Gasteiger partial charge is 0.478 e. The summed E-state index contributed by atoms with van der Waals surface area (Å²) in [4.78, 5) is 13.1. The summed E-state index contributed by atoms with van der Waals surface area (Å²) < 4.78 is 0. The molecule has 1 aromatic carbocycles. The maximum atomic E-state index is 10.9. The van der Waals surface area contributed by atoms with Gasteiger partial charge in [0.1, 0.15) is 0 Å². The van der Waals surface area contributed by atoms with Gasteiger partial charge in [-0.3, -0.25) is 0 Å². The Morgan fingerprint density at radius 3 is 2.65 bits per heavy atom. The molecular formula is C14H19NO2. The molecule has 0 aromatic heterocycles. The minimum absolute atomic E-state index is 0.391. The van der Waals surface area contributed by atoms with Crippen LogP contribution in [0.4, 0.5) is 5.69 Å². The predicted octanol–water partition coefficient (Wildman–Crippen LogP) is 2.79. The van der Waals surface area contributed by atoms with Crippen LogP contribution in [0.5, 0.6) is 0 Å². The molecule has 0 bridgehead atoms. The van der Waals surface area contributed by atoms with Crippen LogP contribution < -0.4 is 4.90 Å². The van der Waals surface area contributed by atoms with Crippen LogP contribution in [-0.2, 0) is 0 Å². The van der Waals surface area contributed by atoms with Crippen molar-refractivity contribution in [3.05, 3.63) is 29.3 Å². The third kappa shape index (κ3) is 2.60. The van der Waals surface area contributed by atoms with Crippen molar-refractivity contribution in [2.75, 3.05) is 18.5 Å². The number of rotatable bonds is 4.